The van der Waals surface area contributed by atoms with Crippen molar-refractivity contribution >= 4 is 29.3 Å². The summed E-state index contributed by atoms with van der Waals surface area (Å²) in [5, 5.41) is 3.64. The van der Waals surface area contributed by atoms with Gasteiger partial charge in [0, 0.05) is 22.9 Å². The number of aryl methyl sites for hydroxylation is 1. The van der Waals surface area contributed by atoms with Crippen LogP contribution in [0.1, 0.15) is 30.5 Å². The molecule has 0 unspecified atom stereocenters. The highest BCUT2D eigenvalue weighted by molar-refractivity contribution is 6.32. The third-order valence-corrected chi connectivity index (χ3v) is 4.48. The number of hydrogen-bond donors (Lipinski definition) is 1. The Labute approximate surface area is 159 Å². The molecule has 4 nitrogen and oxygen atoms in total. The first-order valence-corrected chi connectivity index (χ1v) is 8.92. The van der Waals surface area contributed by atoms with Gasteiger partial charge in [0.15, 0.2) is 0 Å². The number of carbonyl (C=O) groups excluding carboxylic acids is 1. The largest absolute Gasteiger partial charge is 0.497 e. The number of carbonyl (C=O) groups is 1. The third-order valence-electron chi connectivity index (χ3n) is 4.13. The average Bonchev–Trinajstić information content (AvgIpc) is 2.66. The van der Waals surface area contributed by atoms with Crippen LogP contribution in [-0.4, -0.2) is 20.1 Å². The Morgan fingerprint density at radius 2 is 1.73 bits per heavy atom. The summed E-state index contributed by atoms with van der Waals surface area (Å²) in [4.78, 5) is 12.4. The van der Waals surface area contributed by atoms with Gasteiger partial charge in [0.1, 0.15) is 11.5 Å². The molecule has 1 amide bonds. The monoisotopic (exact) mass is 373 g/mol. The first kappa shape index (κ1) is 19.9. The molecule has 0 radical (unpaired) electrons. The van der Waals surface area contributed by atoms with Gasteiger partial charge in [-0.2, -0.15) is 0 Å². The van der Waals surface area contributed by atoms with Crippen molar-refractivity contribution < 1.29 is 14.3 Å². The van der Waals surface area contributed by atoms with E-state index in [0.717, 1.165) is 35.2 Å². The molecular formula is C21H24ClNO3. The zero-order valence-corrected chi connectivity index (χ0v) is 16.3. The number of nitrogens with one attached hydrogen (secondary N) is 1. The van der Waals surface area contributed by atoms with Gasteiger partial charge in [0.05, 0.1) is 14.2 Å². The quantitative estimate of drug-likeness (QED) is 0.684. The van der Waals surface area contributed by atoms with E-state index in [2.05, 4.69) is 12.2 Å². The normalized spacial score (nSPS) is 10.8. The van der Waals surface area contributed by atoms with Crippen LogP contribution in [0.5, 0.6) is 11.5 Å². The molecule has 1 N–H and O–H groups in total. The predicted molar refractivity (Wildman–Crippen MR) is 107 cm³/mol. The predicted octanol–water partition coefficient (Wildman–Crippen LogP) is 5.13. The summed E-state index contributed by atoms with van der Waals surface area (Å²) in [5.41, 5.74) is 3.64. The highest BCUT2D eigenvalue weighted by Crippen LogP contribution is 2.29. The Morgan fingerprint density at radius 1 is 1.08 bits per heavy atom. The minimum Gasteiger partial charge on any atom is -0.497 e. The van der Waals surface area contributed by atoms with Crippen LogP contribution in [0, 0.1) is 0 Å². The summed E-state index contributed by atoms with van der Waals surface area (Å²) >= 11 is 6.28. The zero-order chi connectivity index (χ0) is 19.1. The van der Waals surface area contributed by atoms with E-state index in [1.807, 2.05) is 31.2 Å². The number of hydrogen-bond acceptors (Lipinski definition) is 3. The molecule has 0 spiro atoms. The number of benzene rings is 2. The molecule has 0 bridgehead atoms. The van der Waals surface area contributed by atoms with Crippen molar-refractivity contribution in [1.29, 1.82) is 0 Å². The number of halogens is 1. The van der Waals surface area contributed by atoms with Gasteiger partial charge < -0.3 is 14.8 Å². The maximum atomic E-state index is 12.4. The second-order valence-corrected chi connectivity index (χ2v) is 6.14. The lowest BCUT2D eigenvalue weighted by Crippen LogP contribution is -2.12. The van der Waals surface area contributed by atoms with Crippen molar-refractivity contribution in [3.05, 3.63) is 58.1 Å². The summed E-state index contributed by atoms with van der Waals surface area (Å²) in [7, 11) is 3.18. The van der Waals surface area contributed by atoms with Crippen LogP contribution in [0.25, 0.3) is 6.08 Å². The van der Waals surface area contributed by atoms with Gasteiger partial charge in [-0.25, -0.2) is 0 Å². The van der Waals surface area contributed by atoms with Gasteiger partial charge in [-0.1, -0.05) is 31.5 Å². The SMILES string of the molecule is CCc1ccc(Cl)c(CC)c1NC(=O)/C=C/c1cc(OC)cc(OC)c1. The van der Waals surface area contributed by atoms with Crippen LogP contribution in [0.15, 0.2) is 36.4 Å². The number of methoxy groups -OCH3 is 2. The van der Waals surface area contributed by atoms with E-state index in [4.69, 9.17) is 21.1 Å². The molecule has 0 fully saturated rings. The average molecular weight is 374 g/mol. The Hall–Kier alpha value is -2.46. The molecule has 0 aliphatic heterocycles. The van der Waals surface area contributed by atoms with Crippen molar-refractivity contribution in [2.75, 3.05) is 19.5 Å². The van der Waals surface area contributed by atoms with E-state index in [1.165, 1.54) is 6.08 Å². The highest BCUT2D eigenvalue weighted by Gasteiger charge is 2.12. The number of ether oxygens (including phenoxy) is 2. The highest BCUT2D eigenvalue weighted by atomic mass is 35.5. The fourth-order valence-electron chi connectivity index (χ4n) is 2.73. The number of amides is 1. The Balaban J connectivity index is 2.24. The second-order valence-electron chi connectivity index (χ2n) is 5.74. The van der Waals surface area contributed by atoms with Gasteiger partial charge in [0.25, 0.3) is 0 Å². The Morgan fingerprint density at radius 3 is 2.27 bits per heavy atom. The molecule has 0 atom stereocenters. The molecule has 0 saturated heterocycles. The van der Waals surface area contributed by atoms with Gasteiger partial charge in [-0.15, -0.1) is 0 Å². The van der Waals surface area contributed by atoms with Crippen LogP contribution in [0.3, 0.4) is 0 Å². The first-order valence-electron chi connectivity index (χ1n) is 8.54. The van der Waals surface area contributed by atoms with Gasteiger partial charge in [-0.3, -0.25) is 4.79 Å². The molecule has 2 aromatic rings. The fourth-order valence-corrected chi connectivity index (χ4v) is 3.02. The van der Waals surface area contributed by atoms with E-state index in [0.29, 0.717) is 16.5 Å². The van der Waals surface area contributed by atoms with E-state index < -0.39 is 0 Å². The third kappa shape index (κ3) is 4.79. The zero-order valence-electron chi connectivity index (χ0n) is 15.6. The number of rotatable bonds is 7. The summed E-state index contributed by atoms with van der Waals surface area (Å²) in [6.45, 7) is 4.07. The summed E-state index contributed by atoms with van der Waals surface area (Å²) < 4.78 is 10.5. The van der Waals surface area contributed by atoms with Crippen molar-refractivity contribution in [3.63, 3.8) is 0 Å². The minimum atomic E-state index is -0.210. The summed E-state index contributed by atoms with van der Waals surface area (Å²) in [6.07, 6.45) is 4.78. The maximum Gasteiger partial charge on any atom is 0.248 e. The standard InChI is InChI=1S/C21H24ClNO3/c1-5-15-8-9-19(22)18(6-2)21(15)23-20(24)10-7-14-11-16(25-3)13-17(12-14)26-4/h7-13H,5-6H2,1-4H3,(H,23,24)/b10-7+. The van der Waals surface area contributed by atoms with Gasteiger partial charge >= 0.3 is 0 Å². The van der Waals surface area contributed by atoms with Crippen LogP contribution in [-0.2, 0) is 17.6 Å². The molecule has 0 saturated carbocycles. The Kier molecular flexibility index (Phi) is 7.10. The lowest BCUT2D eigenvalue weighted by atomic mass is 10.0. The first-order chi connectivity index (χ1) is 12.5. The summed E-state index contributed by atoms with van der Waals surface area (Å²) in [5.74, 6) is 1.13. The van der Waals surface area contributed by atoms with Crippen molar-refractivity contribution in [2.45, 2.75) is 26.7 Å². The fraction of sp³-hybridized carbons (Fsp3) is 0.286. The summed E-state index contributed by atoms with van der Waals surface area (Å²) in [6, 6.07) is 9.28. The van der Waals surface area contributed by atoms with E-state index in [9.17, 15) is 4.79 Å². The molecule has 138 valence electrons. The van der Waals surface area contributed by atoms with E-state index >= 15 is 0 Å². The van der Waals surface area contributed by atoms with E-state index in [-0.39, 0.29) is 5.91 Å². The van der Waals surface area contributed by atoms with Gasteiger partial charge in [0.2, 0.25) is 5.91 Å². The number of anilines is 1. The van der Waals surface area contributed by atoms with Crippen LogP contribution >= 0.6 is 11.6 Å². The van der Waals surface area contributed by atoms with Crippen LogP contribution < -0.4 is 14.8 Å². The van der Waals surface area contributed by atoms with Gasteiger partial charge in [-0.05, 0) is 53.8 Å². The minimum absolute atomic E-state index is 0.210. The molecule has 26 heavy (non-hydrogen) atoms. The van der Waals surface area contributed by atoms with Crippen molar-refractivity contribution in [3.8, 4) is 11.5 Å². The van der Waals surface area contributed by atoms with Crippen LogP contribution in [0.4, 0.5) is 5.69 Å². The molecule has 2 aromatic carbocycles. The molecule has 5 heteroatoms. The van der Waals surface area contributed by atoms with Crippen LogP contribution in [0.2, 0.25) is 5.02 Å². The molecule has 0 aromatic heterocycles. The van der Waals surface area contributed by atoms with E-state index in [1.54, 1.807) is 26.4 Å². The Bertz CT molecular complexity index is 793. The van der Waals surface area contributed by atoms with Crippen molar-refractivity contribution in [1.82, 2.24) is 0 Å². The lowest BCUT2D eigenvalue weighted by molar-refractivity contribution is -0.111. The molecule has 2 rings (SSSR count). The topological polar surface area (TPSA) is 47.6 Å². The molecular weight excluding hydrogens is 350 g/mol. The molecule has 0 heterocycles. The molecule has 0 aliphatic rings. The molecule has 0 aliphatic carbocycles. The maximum absolute atomic E-state index is 12.4. The second kappa shape index (κ2) is 9.30. The smallest absolute Gasteiger partial charge is 0.248 e. The lowest BCUT2D eigenvalue weighted by Gasteiger charge is -2.15. The van der Waals surface area contributed by atoms with Crippen molar-refractivity contribution in [2.24, 2.45) is 0 Å².